The molecular weight excluding hydrogens is 215 g/mol. The molecule has 0 N–H and O–H groups in total. The molecule has 0 aromatic rings. The van der Waals surface area contributed by atoms with Gasteiger partial charge in [-0.25, -0.2) is 0 Å². The first kappa shape index (κ1) is 17.3. The topological polar surface area (TPSA) is 0 Å². The Morgan fingerprint density at radius 3 is 0.556 bits per heavy atom. The third kappa shape index (κ3) is 150. The Morgan fingerprint density at radius 1 is 0.556 bits per heavy atom. The second kappa shape index (κ2) is 2.86. The molecule has 0 nitrogen and oxygen atoms in total. The van der Waals surface area contributed by atoms with Crippen LogP contribution in [0.25, 0.3) is 0 Å². The van der Waals surface area contributed by atoms with Gasteiger partial charge in [-0.2, -0.15) is 0 Å². The fourth-order valence-electron chi connectivity index (χ4n) is 0. The molecule has 0 unspecified atom stereocenters. The van der Waals surface area contributed by atoms with Crippen LogP contribution in [0.2, 0.25) is 0 Å². The van der Waals surface area contributed by atoms with Crippen molar-refractivity contribution in [1.82, 2.24) is 0 Å². The average Bonchev–Trinajstić information content (AvgIpc) is 0.592. The van der Waals surface area contributed by atoms with Crippen molar-refractivity contribution < 1.29 is 34.8 Å². The van der Waals surface area contributed by atoms with Crippen LogP contribution in [0.1, 0.15) is 0 Å². The number of hydrogen-bond acceptors (Lipinski definition) is 0. The minimum Gasteiger partial charge on any atom is 0 e. The first-order valence-electron chi connectivity index (χ1n) is 0.857. The molecule has 0 atom stereocenters. The molecule has 2 radical (unpaired) electrons. The Bertz CT molecular complexity index is 69.6. The summed E-state index contributed by atoms with van der Waals surface area (Å²) in [5.74, 6) is 0. The van der Waals surface area contributed by atoms with E-state index >= 15 is 0 Å². The maximum absolute atomic E-state index is 10.9. The van der Waals surface area contributed by atoms with Crippen LogP contribution < -0.4 is 0 Å². The zero-order valence-electron chi connectivity index (χ0n) is 4.65. The Labute approximate surface area is 92.6 Å². The normalized spacial score (nSPS) is 18.0. The van der Waals surface area contributed by atoms with Gasteiger partial charge in [0, 0.05) is 59.1 Å². The maximum Gasteiger partial charge on any atom is 0 e. The van der Waals surface area contributed by atoms with Crippen LogP contribution in [0, 0.1) is 0 Å². The smallest absolute Gasteiger partial charge is 0 e. The van der Waals surface area contributed by atoms with Gasteiger partial charge in [-0.3, -0.25) is 0 Å². The van der Waals surface area contributed by atoms with E-state index in [0.717, 1.165) is 0 Å². The summed E-state index contributed by atoms with van der Waals surface area (Å²) >= 11 is -10.9. The summed E-state index contributed by atoms with van der Waals surface area (Å²) in [6.07, 6.45) is 0. The van der Waals surface area contributed by atoms with E-state index in [9.17, 15) is 21.3 Å². The zero-order valence-corrected chi connectivity index (χ0v) is 9.83. The predicted octanol–water partition coefficient (Wildman–Crippen LogP) is 1.76. The van der Waals surface area contributed by atoms with Gasteiger partial charge < -0.3 is 0 Å². The average molecular weight is 215 g/mol. The van der Waals surface area contributed by atoms with Crippen molar-refractivity contribution in [2.45, 2.75) is 0 Å². The van der Waals surface area contributed by atoms with E-state index in [1.807, 2.05) is 0 Å². The van der Waals surface area contributed by atoms with Gasteiger partial charge in [0.2, 0.25) is 0 Å². The Hall–Kier alpha value is 2.10. The molecule has 0 spiro atoms. The third-order valence-corrected chi connectivity index (χ3v) is 0. The molecule has 0 heterocycles. The van der Waals surface area contributed by atoms with E-state index in [1.54, 1.807) is 0 Å². The van der Waals surface area contributed by atoms with Crippen molar-refractivity contribution in [2.24, 2.45) is 0 Å². The van der Waals surface area contributed by atoms with Gasteiger partial charge in [0.1, 0.15) is 0 Å². The molecule has 0 aromatic carbocycles. The van der Waals surface area contributed by atoms with Crippen molar-refractivity contribution >= 4 is 59.1 Å². The zero-order chi connectivity index (χ0) is 6.41. The molecule has 9 heavy (non-hydrogen) atoms. The summed E-state index contributed by atoms with van der Waals surface area (Å²) in [6.45, 7) is 0. The Morgan fingerprint density at radius 2 is 0.556 bits per heavy atom. The molecule has 0 fully saturated rings. The minimum absolute atomic E-state index is 0. The summed E-state index contributed by atoms with van der Waals surface area (Å²) in [5, 5.41) is 0. The number of rotatable bonds is 0. The van der Waals surface area contributed by atoms with Crippen LogP contribution in [-0.2, 0) is 13.5 Å². The summed E-state index contributed by atoms with van der Waals surface area (Å²) in [5.41, 5.74) is 0. The van der Waals surface area contributed by atoms with Crippen LogP contribution >= 0.6 is 0 Å². The summed E-state index contributed by atoms with van der Waals surface area (Å²) in [4.78, 5) is 0. The van der Waals surface area contributed by atoms with Crippen LogP contribution in [0.3, 0.4) is 0 Å². The first-order valence-corrected chi connectivity index (χ1v) is 3.53. The third-order valence-electron chi connectivity index (χ3n) is 0. The maximum atomic E-state index is 9.89. The molecule has 0 saturated carbocycles. The SMILES string of the molecule is [F][Mn]([F])([F])([F])([F])[F].[Na].[Na]. The second-order valence-corrected chi connectivity index (χ2v) is 3.34. The van der Waals surface area contributed by atoms with Crippen molar-refractivity contribution in [3.63, 3.8) is 0 Å². The molecule has 0 aliphatic heterocycles. The van der Waals surface area contributed by atoms with Gasteiger partial charge >= 0.3 is 34.8 Å². The molecule has 51 valence electrons. The number of halogens is 6. The quantitative estimate of drug-likeness (QED) is 0.426. The molecule has 0 saturated heterocycles. The van der Waals surface area contributed by atoms with Crippen LogP contribution in [0.5, 0.6) is 0 Å². The van der Waals surface area contributed by atoms with Crippen molar-refractivity contribution in [1.29, 1.82) is 0 Å². The molecule has 0 aliphatic rings. The summed E-state index contributed by atoms with van der Waals surface area (Å²) in [6, 6.07) is 0. The summed E-state index contributed by atoms with van der Waals surface area (Å²) in [7, 11) is 0. The van der Waals surface area contributed by atoms with Gasteiger partial charge in [0.15, 0.2) is 0 Å². The standard InChI is InChI=1S/6FH.Mn.2Na/h6*1H;;;/q;;;;;;+6;;/p-6. The van der Waals surface area contributed by atoms with Crippen LogP contribution in [0.15, 0.2) is 0 Å². The fourth-order valence-corrected chi connectivity index (χ4v) is 0. The largest absolute Gasteiger partial charge is 0 e. The fraction of sp³-hybridized carbons (Fsp3) is 0. The molecule has 0 rings (SSSR count). The van der Waals surface area contributed by atoms with Gasteiger partial charge in [0.25, 0.3) is 0 Å². The first-order chi connectivity index (χ1) is 2.45. The van der Waals surface area contributed by atoms with Gasteiger partial charge in [-0.15, -0.1) is 0 Å². The molecule has 0 amide bonds. The molecule has 0 aliphatic carbocycles. The van der Waals surface area contributed by atoms with E-state index < -0.39 is 13.5 Å². The predicted molar refractivity (Wildman–Crippen MR) is 18.2 cm³/mol. The molecule has 0 aromatic heterocycles. The van der Waals surface area contributed by atoms with Crippen LogP contribution in [0.4, 0.5) is 21.3 Å². The minimum atomic E-state index is -10.9. The van der Waals surface area contributed by atoms with E-state index in [2.05, 4.69) is 0 Å². The van der Waals surface area contributed by atoms with Gasteiger partial charge in [-0.1, -0.05) is 0 Å². The number of hydrogen-bond donors (Lipinski definition) is 0. The molecule has 0 bridgehead atoms. The molecule has 9 heteroatoms. The van der Waals surface area contributed by atoms with Crippen molar-refractivity contribution in [3.8, 4) is 0 Å². The van der Waals surface area contributed by atoms with E-state index in [-0.39, 0.29) is 59.1 Å². The van der Waals surface area contributed by atoms with Crippen molar-refractivity contribution in [3.05, 3.63) is 0 Å². The second-order valence-electron chi connectivity index (χ2n) is 0.810. The van der Waals surface area contributed by atoms with Crippen molar-refractivity contribution in [2.75, 3.05) is 0 Å². The Kier molecular flexibility index (Phi) is 5.48. The van der Waals surface area contributed by atoms with Gasteiger partial charge in [0.05, 0.1) is 0 Å². The van der Waals surface area contributed by atoms with Gasteiger partial charge in [-0.05, 0) is 0 Å². The van der Waals surface area contributed by atoms with E-state index in [0.29, 0.717) is 0 Å². The Balaban J connectivity index is -0.000000180. The van der Waals surface area contributed by atoms with E-state index in [1.165, 1.54) is 0 Å². The molecular formula is F6MnNa2. The van der Waals surface area contributed by atoms with E-state index in [4.69, 9.17) is 0 Å². The summed E-state index contributed by atoms with van der Waals surface area (Å²) < 4.78 is 59.3. The van der Waals surface area contributed by atoms with Crippen LogP contribution in [-0.4, -0.2) is 59.1 Å². The monoisotopic (exact) mass is 215 g/mol.